The van der Waals surface area contributed by atoms with Gasteiger partial charge in [-0.25, -0.2) is 14.5 Å². The van der Waals surface area contributed by atoms with Gasteiger partial charge in [-0.3, -0.25) is 4.79 Å². The minimum absolute atomic E-state index is 0.232. The van der Waals surface area contributed by atoms with Crippen molar-refractivity contribution in [3.05, 3.63) is 71.9 Å². The zero-order valence-corrected chi connectivity index (χ0v) is 16.1. The predicted octanol–water partition coefficient (Wildman–Crippen LogP) is 3.47. The molecule has 146 valence electrons. The van der Waals surface area contributed by atoms with Crippen LogP contribution in [0.15, 0.2) is 55.0 Å². The normalized spacial score (nSPS) is 10.8. The second kappa shape index (κ2) is 8.05. The number of aromatic nitrogens is 5. The molecule has 0 N–H and O–H groups in total. The fraction of sp³-hybridized carbons (Fsp3) is 0.190. The lowest BCUT2D eigenvalue weighted by molar-refractivity contribution is -0.134. The Bertz CT molecular complexity index is 1140. The highest BCUT2D eigenvalue weighted by Crippen LogP contribution is 2.23. The molecule has 0 saturated heterocycles. The van der Waals surface area contributed by atoms with E-state index in [9.17, 15) is 4.79 Å². The fourth-order valence-electron chi connectivity index (χ4n) is 3.03. The Morgan fingerprint density at radius 2 is 1.83 bits per heavy atom. The Kier molecular flexibility index (Phi) is 5.15. The van der Waals surface area contributed by atoms with Crippen LogP contribution in [0.3, 0.4) is 0 Å². The molecule has 0 radical (unpaired) electrons. The molecule has 0 saturated carbocycles. The van der Waals surface area contributed by atoms with Crippen LogP contribution in [-0.4, -0.2) is 30.5 Å². The number of hydrogen-bond donors (Lipinski definition) is 0. The van der Waals surface area contributed by atoms with Crippen LogP contribution in [0, 0.1) is 13.8 Å². The fourth-order valence-corrected chi connectivity index (χ4v) is 3.03. The molecule has 29 heavy (non-hydrogen) atoms. The van der Waals surface area contributed by atoms with Gasteiger partial charge in [0.2, 0.25) is 5.88 Å². The molecule has 4 rings (SSSR count). The molecular weight excluding hydrogens is 370 g/mol. The third-order valence-corrected chi connectivity index (χ3v) is 4.48. The monoisotopic (exact) mass is 389 g/mol. The van der Waals surface area contributed by atoms with Crippen molar-refractivity contribution in [2.45, 2.75) is 26.7 Å². The lowest BCUT2D eigenvalue weighted by atomic mass is 10.1. The van der Waals surface area contributed by atoms with E-state index in [4.69, 9.17) is 9.47 Å². The number of fused-ring (bicyclic) bond motifs is 1. The molecule has 0 aliphatic carbocycles. The van der Waals surface area contributed by atoms with Crippen LogP contribution >= 0.6 is 0 Å². The molecule has 0 fully saturated rings. The van der Waals surface area contributed by atoms with E-state index in [1.807, 2.05) is 26.0 Å². The van der Waals surface area contributed by atoms with Gasteiger partial charge in [0.05, 0.1) is 6.42 Å². The first-order valence-corrected chi connectivity index (χ1v) is 9.15. The van der Waals surface area contributed by atoms with E-state index in [2.05, 4.69) is 20.1 Å². The number of carbonyl (C=O) groups is 1. The zero-order chi connectivity index (χ0) is 20.2. The number of rotatable bonds is 6. The van der Waals surface area contributed by atoms with Crippen LogP contribution < -0.4 is 9.47 Å². The minimum atomic E-state index is -0.319. The van der Waals surface area contributed by atoms with Crippen molar-refractivity contribution in [1.82, 2.24) is 24.6 Å². The molecule has 0 aliphatic heterocycles. The van der Waals surface area contributed by atoms with Gasteiger partial charge in [0, 0.05) is 23.7 Å². The van der Waals surface area contributed by atoms with Crippen molar-refractivity contribution in [2.75, 3.05) is 0 Å². The van der Waals surface area contributed by atoms with Gasteiger partial charge in [0.25, 0.3) is 5.78 Å². The Morgan fingerprint density at radius 1 is 1.03 bits per heavy atom. The summed E-state index contributed by atoms with van der Waals surface area (Å²) in [4.78, 5) is 24.9. The van der Waals surface area contributed by atoms with Crippen molar-refractivity contribution in [1.29, 1.82) is 0 Å². The second-order valence-corrected chi connectivity index (χ2v) is 6.45. The van der Waals surface area contributed by atoms with E-state index < -0.39 is 0 Å². The maximum Gasteiger partial charge on any atom is 0.311 e. The molecule has 3 aromatic heterocycles. The van der Waals surface area contributed by atoms with Crippen molar-refractivity contribution >= 4 is 11.7 Å². The Morgan fingerprint density at radius 3 is 2.59 bits per heavy atom. The van der Waals surface area contributed by atoms with Gasteiger partial charge in [0.15, 0.2) is 0 Å². The lowest BCUT2D eigenvalue weighted by Crippen LogP contribution is -2.12. The molecule has 0 aliphatic rings. The summed E-state index contributed by atoms with van der Waals surface area (Å²) >= 11 is 0. The smallest absolute Gasteiger partial charge is 0.311 e. The zero-order valence-electron chi connectivity index (χ0n) is 16.1. The summed E-state index contributed by atoms with van der Waals surface area (Å²) in [5.41, 5.74) is 2.74. The van der Waals surface area contributed by atoms with E-state index in [0.29, 0.717) is 29.6 Å². The van der Waals surface area contributed by atoms with Crippen LogP contribution in [0.2, 0.25) is 0 Å². The third-order valence-electron chi connectivity index (χ3n) is 4.48. The average Bonchev–Trinajstić information content (AvgIpc) is 3.19. The Balaban J connectivity index is 1.36. The summed E-state index contributed by atoms with van der Waals surface area (Å²) in [6.45, 7) is 3.85. The largest absolute Gasteiger partial charge is 0.439 e. The van der Waals surface area contributed by atoms with Gasteiger partial charge < -0.3 is 9.47 Å². The van der Waals surface area contributed by atoms with E-state index >= 15 is 0 Å². The van der Waals surface area contributed by atoms with Gasteiger partial charge >= 0.3 is 5.97 Å². The van der Waals surface area contributed by atoms with Gasteiger partial charge in [-0.1, -0.05) is 6.07 Å². The molecule has 0 spiro atoms. The van der Waals surface area contributed by atoms with Crippen molar-refractivity contribution in [3.63, 3.8) is 0 Å². The van der Waals surface area contributed by atoms with E-state index in [-0.39, 0.29) is 12.4 Å². The van der Waals surface area contributed by atoms with Crippen molar-refractivity contribution < 1.29 is 14.3 Å². The van der Waals surface area contributed by atoms with Gasteiger partial charge in [0.1, 0.15) is 17.8 Å². The van der Waals surface area contributed by atoms with Crippen LogP contribution in [0.25, 0.3) is 5.78 Å². The lowest BCUT2D eigenvalue weighted by Gasteiger charge is -2.10. The molecule has 0 amide bonds. The number of carbonyl (C=O) groups excluding carboxylic acids is 1. The highest BCUT2D eigenvalue weighted by Gasteiger charge is 2.13. The molecule has 0 atom stereocenters. The maximum atomic E-state index is 12.3. The van der Waals surface area contributed by atoms with Crippen LogP contribution in [0.1, 0.15) is 23.4 Å². The number of esters is 1. The van der Waals surface area contributed by atoms with Gasteiger partial charge in [-0.2, -0.15) is 10.1 Å². The van der Waals surface area contributed by atoms with Gasteiger partial charge in [-0.05, 0) is 56.2 Å². The minimum Gasteiger partial charge on any atom is -0.439 e. The first-order chi connectivity index (χ1) is 14.1. The number of aryl methyl sites for hydroxylation is 2. The van der Waals surface area contributed by atoms with Crippen LogP contribution in [0.5, 0.6) is 17.4 Å². The predicted molar refractivity (Wildman–Crippen MR) is 105 cm³/mol. The molecule has 8 heteroatoms. The number of ether oxygens (including phenoxy) is 2. The van der Waals surface area contributed by atoms with Crippen molar-refractivity contribution in [2.24, 2.45) is 0 Å². The molecular formula is C21H19N5O3. The van der Waals surface area contributed by atoms with E-state index in [1.165, 1.54) is 6.33 Å². The number of benzene rings is 1. The van der Waals surface area contributed by atoms with Crippen molar-refractivity contribution in [3.8, 4) is 17.4 Å². The van der Waals surface area contributed by atoms with E-state index in [1.54, 1.807) is 41.0 Å². The van der Waals surface area contributed by atoms with Gasteiger partial charge in [-0.15, -0.1) is 0 Å². The second-order valence-electron chi connectivity index (χ2n) is 6.45. The quantitative estimate of drug-likeness (QED) is 0.368. The standard InChI is InChI=1S/C21H19N5O3/c1-14-18(15(2)26-21(25-14)23-13-24-26)10-11-20(27)29-17-8-6-16(7-9-17)28-19-5-3-4-12-22-19/h3-9,12-13H,10-11H2,1-2H3. The maximum absolute atomic E-state index is 12.3. The number of pyridine rings is 1. The first-order valence-electron chi connectivity index (χ1n) is 9.15. The summed E-state index contributed by atoms with van der Waals surface area (Å²) in [5.74, 6) is 1.81. The highest BCUT2D eigenvalue weighted by atomic mass is 16.5. The molecule has 8 nitrogen and oxygen atoms in total. The summed E-state index contributed by atoms with van der Waals surface area (Å²) in [5, 5.41) is 4.16. The Hall–Kier alpha value is -3.81. The molecule has 3 heterocycles. The molecule has 1 aromatic carbocycles. The molecule has 0 unspecified atom stereocenters. The van der Waals surface area contributed by atoms with E-state index in [0.717, 1.165) is 17.0 Å². The summed E-state index contributed by atoms with van der Waals surface area (Å²) in [7, 11) is 0. The Labute approximate surface area is 167 Å². The SMILES string of the molecule is Cc1nc2ncnn2c(C)c1CCC(=O)Oc1ccc(Oc2ccccn2)cc1. The topological polar surface area (TPSA) is 91.5 Å². The summed E-state index contributed by atoms with van der Waals surface area (Å²) in [6.07, 6.45) is 3.87. The average molecular weight is 389 g/mol. The number of nitrogens with zero attached hydrogens (tertiary/aromatic N) is 5. The highest BCUT2D eigenvalue weighted by molar-refractivity contribution is 5.72. The molecule has 4 aromatic rings. The molecule has 0 bridgehead atoms. The summed E-state index contributed by atoms with van der Waals surface area (Å²) in [6, 6.07) is 12.3. The summed E-state index contributed by atoms with van der Waals surface area (Å²) < 4.78 is 12.7. The van der Waals surface area contributed by atoms with Crippen LogP contribution in [0.4, 0.5) is 0 Å². The number of hydrogen-bond acceptors (Lipinski definition) is 7. The third kappa shape index (κ3) is 4.21. The first kappa shape index (κ1) is 18.5. The van der Waals surface area contributed by atoms with Crippen LogP contribution in [-0.2, 0) is 11.2 Å².